The number of halogens is 1. The van der Waals surface area contributed by atoms with Gasteiger partial charge in [-0.25, -0.2) is 0 Å². The molecule has 30 heavy (non-hydrogen) atoms. The number of benzene rings is 2. The first-order valence-corrected chi connectivity index (χ1v) is 10.3. The van der Waals surface area contributed by atoms with Gasteiger partial charge in [-0.1, -0.05) is 68.4 Å². The number of aliphatic imine (C=N–C) groups is 1. The van der Waals surface area contributed by atoms with Crippen molar-refractivity contribution in [2.24, 2.45) is 4.99 Å². The fourth-order valence-electron chi connectivity index (χ4n) is 3.63. The smallest absolute Gasteiger partial charge is 0.223 e. The summed E-state index contributed by atoms with van der Waals surface area (Å²) in [6.45, 7) is 7.41. The number of hydrogen-bond acceptors (Lipinski definition) is 2. The Kier molecular flexibility index (Phi) is 9.14. The molecule has 0 saturated heterocycles. The average molecular weight is 520 g/mol. The topological polar surface area (TPSA) is 56.7 Å². The van der Waals surface area contributed by atoms with E-state index in [0.717, 1.165) is 38.6 Å². The van der Waals surface area contributed by atoms with E-state index in [0.29, 0.717) is 6.42 Å². The molecule has 0 unspecified atom stereocenters. The lowest BCUT2D eigenvalue weighted by atomic mass is 9.85. The maximum absolute atomic E-state index is 12.5. The molecule has 0 atom stereocenters. The third-order valence-electron chi connectivity index (χ3n) is 5.53. The van der Waals surface area contributed by atoms with Crippen LogP contribution in [0.15, 0.2) is 59.6 Å². The van der Waals surface area contributed by atoms with Crippen LogP contribution in [0.4, 0.5) is 0 Å². The van der Waals surface area contributed by atoms with E-state index >= 15 is 0 Å². The largest absolute Gasteiger partial charge is 0.356 e. The van der Waals surface area contributed by atoms with Crippen LogP contribution in [0.1, 0.15) is 43.4 Å². The molecule has 5 nitrogen and oxygen atoms in total. The molecule has 0 spiro atoms. The summed E-state index contributed by atoms with van der Waals surface area (Å²) < 4.78 is 0. The summed E-state index contributed by atoms with van der Waals surface area (Å²) in [4.78, 5) is 18.7. The van der Waals surface area contributed by atoms with Gasteiger partial charge < -0.3 is 15.5 Å². The molecule has 1 aliphatic heterocycles. The van der Waals surface area contributed by atoms with E-state index in [2.05, 4.69) is 65.9 Å². The molecule has 0 aliphatic carbocycles. The minimum atomic E-state index is -0.000392. The van der Waals surface area contributed by atoms with Crippen LogP contribution in [-0.4, -0.2) is 36.9 Å². The van der Waals surface area contributed by atoms with Gasteiger partial charge in [-0.15, -0.1) is 24.0 Å². The SMILES string of the molecule is CN=C(NCCCC(=O)N1Cc2ccccc2C1)NCC(C)(C)c1ccccc1.I. The van der Waals surface area contributed by atoms with E-state index in [9.17, 15) is 4.79 Å². The molecule has 2 aromatic rings. The van der Waals surface area contributed by atoms with Crippen LogP contribution in [0.2, 0.25) is 0 Å². The first-order chi connectivity index (χ1) is 14.0. The van der Waals surface area contributed by atoms with Gasteiger partial charge in [0, 0.05) is 45.1 Å². The predicted octanol–water partition coefficient (Wildman–Crippen LogP) is 4.07. The molecule has 162 valence electrons. The van der Waals surface area contributed by atoms with Crippen molar-refractivity contribution in [3.05, 3.63) is 71.3 Å². The molecular formula is C24H33IN4O. The Labute approximate surface area is 197 Å². The van der Waals surface area contributed by atoms with E-state index in [1.165, 1.54) is 16.7 Å². The minimum Gasteiger partial charge on any atom is -0.356 e. The first-order valence-electron chi connectivity index (χ1n) is 10.3. The number of carbonyl (C=O) groups is 1. The highest BCUT2D eigenvalue weighted by Gasteiger charge is 2.22. The maximum Gasteiger partial charge on any atom is 0.223 e. The van der Waals surface area contributed by atoms with Crippen molar-refractivity contribution in [3.63, 3.8) is 0 Å². The van der Waals surface area contributed by atoms with Crippen LogP contribution in [0, 0.1) is 0 Å². The predicted molar refractivity (Wildman–Crippen MR) is 134 cm³/mol. The Morgan fingerprint density at radius 1 is 1.00 bits per heavy atom. The molecule has 2 N–H and O–H groups in total. The van der Waals surface area contributed by atoms with Gasteiger partial charge in [0.1, 0.15) is 0 Å². The van der Waals surface area contributed by atoms with Crippen molar-refractivity contribution in [1.29, 1.82) is 0 Å². The van der Waals surface area contributed by atoms with Gasteiger partial charge >= 0.3 is 0 Å². The van der Waals surface area contributed by atoms with Crippen molar-refractivity contribution in [2.75, 3.05) is 20.1 Å². The summed E-state index contributed by atoms with van der Waals surface area (Å²) in [5, 5.41) is 6.73. The van der Waals surface area contributed by atoms with Gasteiger partial charge in [0.15, 0.2) is 5.96 Å². The second-order valence-corrected chi connectivity index (χ2v) is 8.22. The van der Waals surface area contributed by atoms with Crippen LogP contribution in [0.3, 0.4) is 0 Å². The molecule has 1 aliphatic rings. The van der Waals surface area contributed by atoms with E-state index in [4.69, 9.17) is 0 Å². The van der Waals surface area contributed by atoms with Gasteiger partial charge in [0.25, 0.3) is 0 Å². The number of guanidine groups is 1. The zero-order valence-electron chi connectivity index (χ0n) is 18.1. The second-order valence-electron chi connectivity index (χ2n) is 8.22. The van der Waals surface area contributed by atoms with E-state index < -0.39 is 0 Å². The molecule has 0 aromatic heterocycles. The maximum atomic E-state index is 12.5. The van der Waals surface area contributed by atoms with E-state index in [1.807, 2.05) is 23.1 Å². The lowest BCUT2D eigenvalue weighted by Gasteiger charge is -2.26. The quantitative estimate of drug-likeness (QED) is 0.251. The molecule has 6 heteroatoms. The number of hydrogen-bond donors (Lipinski definition) is 2. The summed E-state index contributed by atoms with van der Waals surface area (Å²) >= 11 is 0. The number of fused-ring (bicyclic) bond motifs is 1. The standard InChI is InChI=1S/C24H32N4O.HI/c1-24(2,21-12-5-4-6-13-21)18-27-23(25-3)26-15-9-14-22(29)28-16-19-10-7-8-11-20(19)17-28;/h4-8,10-13H,9,14-18H2,1-3H3,(H2,25,26,27);1H. The van der Waals surface area contributed by atoms with E-state index in [1.54, 1.807) is 7.05 Å². The third-order valence-corrected chi connectivity index (χ3v) is 5.53. The molecule has 1 heterocycles. The fraction of sp³-hybridized carbons (Fsp3) is 0.417. The molecule has 3 rings (SSSR count). The second kappa shape index (κ2) is 11.3. The molecule has 1 amide bonds. The number of nitrogens with one attached hydrogen (secondary N) is 2. The summed E-state index contributed by atoms with van der Waals surface area (Å²) in [6.07, 6.45) is 1.34. The molecule has 0 bridgehead atoms. The van der Waals surface area contributed by atoms with Gasteiger partial charge in [-0.3, -0.25) is 9.79 Å². The molecule has 0 saturated carbocycles. The minimum absolute atomic E-state index is 0. The highest BCUT2D eigenvalue weighted by molar-refractivity contribution is 14.0. The van der Waals surface area contributed by atoms with Gasteiger partial charge in [-0.2, -0.15) is 0 Å². The number of nitrogens with zero attached hydrogens (tertiary/aromatic N) is 2. The molecule has 0 fully saturated rings. The van der Waals surface area contributed by atoms with Gasteiger partial charge in [0.2, 0.25) is 5.91 Å². The Morgan fingerprint density at radius 3 is 2.20 bits per heavy atom. The summed E-state index contributed by atoms with van der Waals surface area (Å²) in [5.74, 6) is 0.992. The Bertz CT molecular complexity index is 826. The Balaban J connectivity index is 0.00000320. The fourth-order valence-corrected chi connectivity index (χ4v) is 3.63. The van der Waals surface area contributed by atoms with Crippen LogP contribution >= 0.6 is 24.0 Å². The van der Waals surface area contributed by atoms with Crippen molar-refractivity contribution >= 4 is 35.8 Å². The van der Waals surface area contributed by atoms with Crippen molar-refractivity contribution in [3.8, 4) is 0 Å². The molecule has 0 radical (unpaired) electrons. The van der Waals surface area contributed by atoms with Gasteiger partial charge in [0.05, 0.1) is 0 Å². The lowest BCUT2D eigenvalue weighted by molar-refractivity contribution is -0.131. The normalized spacial score (nSPS) is 13.4. The lowest BCUT2D eigenvalue weighted by Crippen LogP contribution is -2.43. The number of carbonyl (C=O) groups excluding carboxylic acids is 1. The van der Waals surface area contributed by atoms with Crippen molar-refractivity contribution < 1.29 is 4.79 Å². The van der Waals surface area contributed by atoms with Crippen LogP contribution < -0.4 is 10.6 Å². The first kappa shape index (κ1) is 24.2. The zero-order chi connectivity index (χ0) is 20.7. The molecular weight excluding hydrogens is 487 g/mol. The number of amides is 1. The van der Waals surface area contributed by atoms with Crippen LogP contribution in [0.5, 0.6) is 0 Å². The Morgan fingerprint density at radius 2 is 1.60 bits per heavy atom. The van der Waals surface area contributed by atoms with E-state index in [-0.39, 0.29) is 35.3 Å². The van der Waals surface area contributed by atoms with Crippen molar-refractivity contribution in [2.45, 2.75) is 45.2 Å². The van der Waals surface area contributed by atoms with Crippen LogP contribution in [0.25, 0.3) is 0 Å². The average Bonchev–Trinajstić information content (AvgIpc) is 3.18. The molecule has 2 aromatic carbocycles. The Hall–Kier alpha value is -2.09. The van der Waals surface area contributed by atoms with Crippen LogP contribution in [-0.2, 0) is 23.3 Å². The number of rotatable bonds is 7. The highest BCUT2D eigenvalue weighted by atomic mass is 127. The zero-order valence-corrected chi connectivity index (χ0v) is 20.5. The summed E-state index contributed by atoms with van der Waals surface area (Å²) in [7, 11) is 1.78. The van der Waals surface area contributed by atoms with Crippen molar-refractivity contribution in [1.82, 2.24) is 15.5 Å². The summed E-state index contributed by atoms with van der Waals surface area (Å²) in [6, 6.07) is 18.8. The highest BCUT2D eigenvalue weighted by Crippen LogP contribution is 2.23. The monoisotopic (exact) mass is 520 g/mol. The third kappa shape index (κ3) is 6.45. The summed E-state index contributed by atoms with van der Waals surface area (Å²) in [5.41, 5.74) is 3.83. The van der Waals surface area contributed by atoms with Gasteiger partial charge in [-0.05, 0) is 23.1 Å².